The van der Waals surface area contributed by atoms with Crippen LogP contribution in [0.2, 0.25) is 0 Å². The lowest BCUT2D eigenvalue weighted by atomic mass is 10.1. The smallest absolute Gasteiger partial charge is 0.305 e. The Balaban J connectivity index is 2.94. The molecule has 0 heterocycles. The zero-order valence-corrected chi connectivity index (χ0v) is 12.6. The van der Waals surface area contributed by atoms with Gasteiger partial charge in [0.05, 0.1) is 20.6 Å². The van der Waals surface area contributed by atoms with Crippen LogP contribution in [-0.2, 0) is 4.79 Å². The van der Waals surface area contributed by atoms with E-state index in [1.165, 1.54) is 19.1 Å². The molecule has 0 atom stereocenters. The Morgan fingerprint density at radius 3 is 2.33 bits per heavy atom. The van der Waals surface area contributed by atoms with E-state index < -0.39 is 5.97 Å². The maximum Gasteiger partial charge on any atom is 0.305 e. The van der Waals surface area contributed by atoms with Crippen molar-refractivity contribution in [3.05, 3.63) is 23.8 Å². The molecule has 6 nitrogen and oxygen atoms in total. The highest BCUT2D eigenvalue weighted by molar-refractivity contribution is 5.95. The maximum absolute atomic E-state index is 12.5. The van der Waals surface area contributed by atoms with E-state index in [0.717, 1.165) is 6.42 Å². The molecule has 0 fully saturated rings. The molecule has 0 saturated heterocycles. The maximum atomic E-state index is 12.5. The number of carbonyl (C=O) groups is 2. The van der Waals surface area contributed by atoms with Gasteiger partial charge < -0.3 is 19.5 Å². The van der Waals surface area contributed by atoms with Crippen molar-refractivity contribution in [2.45, 2.75) is 19.8 Å². The molecular formula is C15H21NO5. The third-order valence-corrected chi connectivity index (χ3v) is 3.01. The first-order chi connectivity index (χ1) is 10.0. The first-order valence-electron chi connectivity index (χ1n) is 6.76. The highest BCUT2D eigenvalue weighted by Gasteiger charge is 2.18. The second kappa shape index (κ2) is 8.14. The number of benzene rings is 1. The molecule has 6 heteroatoms. The molecular weight excluding hydrogens is 274 g/mol. The Labute approximate surface area is 124 Å². The van der Waals surface area contributed by atoms with Crippen molar-refractivity contribution in [1.82, 2.24) is 4.90 Å². The number of carboxylic acid groups (broad SMARTS) is 1. The number of hydrogen-bond acceptors (Lipinski definition) is 4. The van der Waals surface area contributed by atoms with Gasteiger partial charge in [-0.25, -0.2) is 0 Å². The van der Waals surface area contributed by atoms with Crippen molar-refractivity contribution < 1.29 is 24.2 Å². The molecule has 0 aliphatic carbocycles. The molecule has 1 aromatic carbocycles. The SMILES string of the molecule is CCCN(CCC(=O)O)C(=O)c1ccc(OC)c(OC)c1. The average Bonchev–Trinajstić information content (AvgIpc) is 2.49. The molecule has 0 saturated carbocycles. The lowest BCUT2D eigenvalue weighted by Gasteiger charge is -2.22. The molecule has 0 aliphatic heterocycles. The largest absolute Gasteiger partial charge is 0.493 e. The summed E-state index contributed by atoms with van der Waals surface area (Å²) in [5, 5.41) is 8.76. The topological polar surface area (TPSA) is 76.1 Å². The molecule has 1 rings (SSSR count). The Morgan fingerprint density at radius 1 is 1.14 bits per heavy atom. The van der Waals surface area contributed by atoms with Gasteiger partial charge in [0.25, 0.3) is 5.91 Å². The number of rotatable bonds is 8. The van der Waals surface area contributed by atoms with Crippen LogP contribution in [0.1, 0.15) is 30.1 Å². The van der Waals surface area contributed by atoms with Crippen molar-refractivity contribution in [1.29, 1.82) is 0 Å². The van der Waals surface area contributed by atoms with Crippen LogP contribution in [0.25, 0.3) is 0 Å². The fraction of sp³-hybridized carbons (Fsp3) is 0.467. The Kier molecular flexibility index (Phi) is 6.52. The van der Waals surface area contributed by atoms with Crippen LogP contribution in [-0.4, -0.2) is 49.2 Å². The molecule has 0 radical (unpaired) electrons. The number of ether oxygens (including phenoxy) is 2. The first kappa shape index (κ1) is 16.8. The summed E-state index contributed by atoms with van der Waals surface area (Å²) in [5.74, 6) is -0.116. The lowest BCUT2D eigenvalue weighted by molar-refractivity contribution is -0.137. The van der Waals surface area contributed by atoms with Crippen molar-refractivity contribution in [2.24, 2.45) is 0 Å². The van der Waals surface area contributed by atoms with Crippen LogP contribution in [0.4, 0.5) is 0 Å². The number of amides is 1. The second-order valence-electron chi connectivity index (χ2n) is 4.51. The minimum absolute atomic E-state index is 0.0704. The Bertz CT molecular complexity index is 501. The molecule has 0 bridgehead atoms. The highest BCUT2D eigenvalue weighted by atomic mass is 16.5. The van der Waals surface area contributed by atoms with E-state index >= 15 is 0 Å². The third-order valence-electron chi connectivity index (χ3n) is 3.01. The summed E-state index contributed by atoms with van der Waals surface area (Å²) >= 11 is 0. The van der Waals surface area contributed by atoms with E-state index in [-0.39, 0.29) is 18.9 Å². The van der Waals surface area contributed by atoms with Gasteiger partial charge in [0.15, 0.2) is 11.5 Å². The summed E-state index contributed by atoms with van der Waals surface area (Å²) in [6.45, 7) is 2.65. The molecule has 0 unspecified atom stereocenters. The van der Waals surface area contributed by atoms with Crippen LogP contribution in [0.5, 0.6) is 11.5 Å². The molecule has 1 aromatic rings. The molecule has 0 spiro atoms. The molecule has 1 amide bonds. The van der Waals surface area contributed by atoms with E-state index in [4.69, 9.17) is 14.6 Å². The molecule has 0 aliphatic rings. The lowest BCUT2D eigenvalue weighted by Crippen LogP contribution is -2.33. The average molecular weight is 295 g/mol. The van der Waals surface area contributed by atoms with Crippen LogP contribution in [0.3, 0.4) is 0 Å². The van der Waals surface area contributed by atoms with Crippen molar-refractivity contribution in [3.63, 3.8) is 0 Å². The monoisotopic (exact) mass is 295 g/mol. The van der Waals surface area contributed by atoms with Gasteiger partial charge >= 0.3 is 5.97 Å². The standard InChI is InChI=1S/C15H21NO5/c1-4-8-16(9-7-14(17)18)15(19)11-5-6-12(20-2)13(10-11)21-3/h5-6,10H,4,7-9H2,1-3H3,(H,17,18). The van der Waals surface area contributed by atoms with Gasteiger partial charge in [-0.1, -0.05) is 6.92 Å². The highest BCUT2D eigenvalue weighted by Crippen LogP contribution is 2.28. The van der Waals surface area contributed by atoms with Crippen molar-refractivity contribution in [2.75, 3.05) is 27.3 Å². The zero-order chi connectivity index (χ0) is 15.8. The van der Waals surface area contributed by atoms with Gasteiger partial charge in [-0.3, -0.25) is 9.59 Å². The number of carboxylic acids is 1. The fourth-order valence-electron chi connectivity index (χ4n) is 1.97. The van der Waals surface area contributed by atoms with Crippen molar-refractivity contribution >= 4 is 11.9 Å². The number of aliphatic carboxylic acids is 1. The van der Waals surface area contributed by atoms with Crippen molar-refractivity contribution in [3.8, 4) is 11.5 Å². The molecule has 116 valence electrons. The number of carbonyl (C=O) groups excluding carboxylic acids is 1. The van der Waals surface area contributed by atoms with Crippen LogP contribution in [0, 0.1) is 0 Å². The summed E-state index contributed by atoms with van der Waals surface area (Å²) < 4.78 is 10.3. The van der Waals surface area contributed by atoms with E-state index in [9.17, 15) is 9.59 Å². The molecule has 21 heavy (non-hydrogen) atoms. The van der Waals surface area contributed by atoms with Gasteiger partial charge in [0.2, 0.25) is 0 Å². The van der Waals surface area contributed by atoms with Crippen LogP contribution in [0.15, 0.2) is 18.2 Å². The minimum atomic E-state index is -0.920. The minimum Gasteiger partial charge on any atom is -0.493 e. The predicted octanol–water partition coefficient (Wildman–Crippen LogP) is 2.03. The van der Waals surface area contributed by atoms with Gasteiger partial charge in [0, 0.05) is 18.7 Å². The van der Waals surface area contributed by atoms with E-state index in [1.807, 2.05) is 6.92 Å². The Hall–Kier alpha value is -2.24. The van der Waals surface area contributed by atoms with Crippen LogP contribution >= 0.6 is 0 Å². The zero-order valence-electron chi connectivity index (χ0n) is 12.6. The number of methoxy groups -OCH3 is 2. The van der Waals surface area contributed by atoms with Gasteiger partial charge in [-0.15, -0.1) is 0 Å². The summed E-state index contributed by atoms with van der Waals surface area (Å²) in [6.07, 6.45) is 0.692. The van der Waals surface area contributed by atoms with E-state index in [2.05, 4.69) is 0 Å². The summed E-state index contributed by atoms with van der Waals surface area (Å²) in [7, 11) is 3.02. The predicted molar refractivity (Wildman–Crippen MR) is 78.0 cm³/mol. The van der Waals surface area contributed by atoms with E-state index in [0.29, 0.717) is 23.6 Å². The third kappa shape index (κ3) is 4.66. The summed E-state index contributed by atoms with van der Waals surface area (Å²) in [4.78, 5) is 24.7. The summed E-state index contributed by atoms with van der Waals surface area (Å²) in [6, 6.07) is 4.91. The van der Waals surface area contributed by atoms with Gasteiger partial charge in [0.1, 0.15) is 0 Å². The van der Waals surface area contributed by atoms with Crippen LogP contribution < -0.4 is 9.47 Å². The molecule has 1 N–H and O–H groups in total. The number of hydrogen-bond donors (Lipinski definition) is 1. The number of nitrogens with zero attached hydrogens (tertiary/aromatic N) is 1. The second-order valence-corrected chi connectivity index (χ2v) is 4.51. The quantitative estimate of drug-likeness (QED) is 0.794. The van der Waals surface area contributed by atoms with E-state index in [1.54, 1.807) is 18.2 Å². The first-order valence-corrected chi connectivity index (χ1v) is 6.76. The van der Waals surface area contributed by atoms with Gasteiger partial charge in [-0.2, -0.15) is 0 Å². The van der Waals surface area contributed by atoms with Gasteiger partial charge in [-0.05, 0) is 24.6 Å². The summed E-state index contributed by atoms with van der Waals surface area (Å²) in [5.41, 5.74) is 0.450. The normalized spacial score (nSPS) is 10.0. The fourth-order valence-corrected chi connectivity index (χ4v) is 1.97. The molecule has 0 aromatic heterocycles. The Morgan fingerprint density at radius 2 is 1.81 bits per heavy atom.